The summed E-state index contributed by atoms with van der Waals surface area (Å²) in [6.07, 6.45) is 3.81. The number of carbonyl (C=O) groups excluding carboxylic acids is 2. The molecule has 7 nitrogen and oxygen atoms in total. The van der Waals surface area contributed by atoms with Crippen molar-refractivity contribution in [2.45, 2.75) is 32.0 Å². The summed E-state index contributed by atoms with van der Waals surface area (Å²) in [5.74, 6) is -0.453. The highest BCUT2D eigenvalue weighted by molar-refractivity contribution is 6.35. The molecule has 1 fully saturated rings. The van der Waals surface area contributed by atoms with Crippen LogP contribution < -0.4 is 14.2 Å². The fraction of sp³-hybridized carbons (Fsp3) is 0.269. The van der Waals surface area contributed by atoms with Crippen LogP contribution in [0, 0.1) is 11.1 Å². The molecule has 3 aromatic rings. The molecule has 0 spiro atoms. The third kappa shape index (κ3) is 7.08. The molecule has 194 valence electrons. The lowest BCUT2D eigenvalue weighted by molar-refractivity contribution is -0.605. The maximum Gasteiger partial charge on any atom is 0.387 e. The van der Waals surface area contributed by atoms with Crippen molar-refractivity contribution in [2.75, 3.05) is 6.61 Å². The molecule has 0 radical (unpaired) electrons. The van der Waals surface area contributed by atoms with E-state index >= 15 is 0 Å². The van der Waals surface area contributed by atoms with Gasteiger partial charge in [-0.15, -0.1) is 0 Å². The minimum atomic E-state index is -3.06. The van der Waals surface area contributed by atoms with E-state index in [-0.39, 0.29) is 33.5 Å². The van der Waals surface area contributed by atoms with Gasteiger partial charge in [0.1, 0.15) is 22.4 Å². The summed E-state index contributed by atoms with van der Waals surface area (Å²) in [5, 5.41) is 11.8. The fourth-order valence-corrected chi connectivity index (χ4v) is 4.16. The minimum Gasteiger partial charge on any atom is -0.619 e. The van der Waals surface area contributed by atoms with Crippen LogP contribution in [0.25, 0.3) is 0 Å². The topological polar surface area (TPSA) is 88.8 Å². The Labute approximate surface area is 221 Å². The Morgan fingerprint density at radius 2 is 1.76 bits per heavy atom. The third-order valence-corrected chi connectivity index (χ3v) is 6.36. The van der Waals surface area contributed by atoms with Crippen LogP contribution in [0.2, 0.25) is 10.0 Å². The van der Waals surface area contributed by atoms with E-state index in [0.717, 1.165) is 25.2 Å². The zero-order chi connectivity index (χ0) is 26.5. The number of hydrogen-bond donors (Lipinski definition) is 0. The smallest absolute Gasteiger partial charge is 0.387 e. The summed E-state index contributed by atoms with van der Waals surface area (Å²) < 4.78 is 42.5. The van der Waals surface area contributed by atoms with Gasteiger partial charge in [-0.05, 0) is 48.6 Å². The van der Waals surface area contributed by atoms with Crippen molar-refractivity contribution < 1.29 is 37.3 Å². The number of ether oxygens (including phenoxy) is 3. The number of aldehydes is 1. The quantitative estimate of drug-likeness (QED) is 0.126. The van der Waals surface area contributed by atoms with Crippen molar-refractivity contribution >= 4 is 35.5 Å². The number of nitrogens with zero attached hydrogens (tertiary/aromatic N) is 1. The van der Waals surface area contributed by atoms with Crippen LogP contribution in [0.3, 0.4) is 0 Å². The van der Waals surface area contributed by atoms with Gasteiger partial charge in [0.05, 0.1) is 12.2 Å². The van der Waals surface area contributed by atoms with E-state index in [2.05, 4.69) is 4.74 Å². The summed E-state index contributed by atoms with van der Waals surface area (Å²) in [6, 6.07) is 10.1. The molecule has 0 amide bonds. The first kappa shape index (κ1) is 26.6. The number of benzene rings is 2. The molecule has 1 aliphatic rings. The van der Waals surface area contributed by atoms with Crippen molar-refractivity contribution in [3.8, 4) is 11.5 Å². The Morgan fingerprint density at radius 3 is 2.35 bits per heavy atom. The van der Waals surface area contributed by atoms with Gasteiger partial charge in [-0.3, -0.25) is 4.79 Å². The van der Waals surface area contributed by atoms with Gasteiger partial charge in [0.25, 0.3) is 0 Å². The SMILES string of the molecule is O=Cc1ccc(C(=O)OC(Cc2c(Cl)c[n+]([O-])cc2Cl)c2ccc(OC(F)F)c(OCC3CC3)c2)cc1. The molecule has 1 heterocycles. The van der Waals surface area contributed by atoms with Crippen LogP contribution >= 0.6 is 23.2 Å². The third-order valence-electron chi connectivity index (χ3n) is 5.71. The molecule has 0 bridgehead atoms. The Hall–Kier alpha value is -3.43. The molecule has 0 aliphatic heterocycles. The van der Waals surface area contributed by atoms with Crippen LogP contribution in [0.5, 0.6) is 11.5 Å². The summed E-state index contributed by atoms with van der Waals surface area (Å²) >= 11 is 12.5. The molecule has 0 saturated heterocycles. The predicted molar refractivity (Wildman–Crippen MR) is 130 cm³/mol. The Bertz CT molecular complexity index is 1260. The lowest BCUT2D eigenvalue weighted by Crippen LogP contribution is -2.25. The van der Waals surface area contributed by atoms with E-state index in [1.54, 1.807) is 0 Å². The van der Waals surface area contributed by atoms with Crippen LogP contribution in [0.15, 0.2) is 54.9 Å². The largest absolute Gasteiger partial charge is 0.619 e. The first-order chi connectivity index (χ1) is 17.7. The molecule has 0 N–H and O–H groups in total. The molecular weight excluding hydrogens is 531 g/mol. The highest BCUT2D eigenvalue weighted by Gasteiger charge is 2.26. The van der Waals surface area contributed by atoms with Gasteiger partial charge in [-0.1, -0.05) is 41.4 Å². The van der Waals surface area contributed by atoms with E-state index in [4.69, 9.17) is 32.7 Å². The molecule has 2 aromatic carbocycles. The molecule has 1 aliphatic carbocycles. The van der Waals surface area contributed by atoms with Crippen molar-refractivity contribution in [2.24, 2.45) is 5.92 Å². The second-order valence-corrected chi connectivity index (χ2v) is 9.28. The average molecular weight is 552 g/mol. The second-order valence-electron chi connectivity index (χ2n) is 8.47. The number of rotatable bonds is 11. The molecule has 1 aromatic heterocycles. The molecule has 1 unspecified atom stereocenters. The maximum absolute atomic E-state index is 13.0. The lowest BCUT2D eigenvalue weighted by Gasteiger charge is -2.21. The van der Waals surface area contributed by atoms with Crippen LogP contribution in [-0.2, 0) is 11.2 Å². The highest BCUT2D eigenvalue weighted by atomic mass is 35.5. The summed E-state index contributed by atoms with van der Waals surface area (Å²) in [5.41, 5.74) is 1.31. The molecule has 1 saturated carbocycles. The summed E-state index contributed by atoms with van der Waals surface area (Å²) in [7, 11) is 0. The number of pyridine rings is 1. The first-order valence-corrected chi connectivity index (χ1v) is 12.0. The molecule has 37 heavy (non-hydrogen) atoms. The van der Waals surface area contributed by atoms with Crippen LogP contribution in [-0.4, -0.2) is 25.5 Å². The van der Waals surface area contributed by atoms with Gasteiger partial charge in [0, 0.05) is 17.5 Å². The van der Waals surface area contributed by atoms with Crippen LogP contribution in [0.4, 0.5) is 8.78 Å². The zero-order valence-corrected chi connectivity index (χ0v) is 20.8. The number of halogens is 4. The number of carbonyl (C=O) groups is 2. The zero-order valence-electron chi connectivity index (χ0n) is 19.2. The van der Waals surface area contributed by atoms with Gasteiger partial charge < -0.3 is 19.4 Å². The van der Waals surface area contributed by atoms with Crippen molar-refractivity contribution in [3.05, 3.63) is 92.4 Å². The standard InChI is InChI=1S/C26H21Cl2F2NO6/c27-20-11-31(34)12-21(28)19(20)10-23(36-25(33)17-5-3-15(13-32)4-6-17)18-7-8-22(37-26(29)30)24(9-18)35-14-16-1-2-16/h3-9,11-13,16,23,26H,1-2,10,14H2. The van der Waals surface area contributed by atoms with Gasteiger partial charge in [-0.25, -0.2) is 4.79 Å². The van der Waals surface area contributed by atoms with E-state index < -0.39 is 18.7 Å². The summed E-state index contributed by atoms with van der Waals surface area (Å²) in [6.45, 7) is -2.73. The first-order valence-electron chi connectivity index (χ1n) is 11.3. The van der Waals surface area contributed by atoms with E-state index in [1.807, 2.05) is 0 Å². The summed E-state index contributed by atoms with van der Waals surface area (Å²) in [4.78, 5) is 23.9. The van der Waals surface area contributed by atoms with Crippen molar-refractivity contribution in [1.82, 2.24) is 0 Å². The van der Waals surface area contributed by atoms with Gasteiger partial charge in [-0.2, -0.15) is 13.5 Å². The Morgan fingerprint density at radius 1 is 1.08 bits per heavy atom. The fourth-order valence-electron chi connectivity index (χ4n) is 3.56. The Balaban J connectivity index is 1.68. The molecule has 4 rings (SSSR count). The Kier molecular flexibility index (Phi) is 8.45. The van der Waals surface area contributed by atoms with E-state index in [1.165, 1.54) is 42.5 Å². The van der Waals surface area contributed by atoms with Gasteiger partial charge in [0.15, 0.2) is 23.9 Å². The lowest BCUT2D eigenvalue weighted by atomic mass is 10.0. The predicted octanol–water partition coefficient (Wildman–Crippen LogP) is 5.97. The van der Waals surface area contributed by atoms with Gasteiger partial charge in [0.2, 0.25) is 0 Å². The number of esters is 1. The normalized spacial score (nSPS) is 13.8. The number of hydrogen-bond acceptors (Lipinski definition) is 6. The molecular formula is C26H21Cl2F2NO6. The highest BCUT2D eigenvalue weighted by Crippen LogP contribution is 2.38. The van der Waals surface area contributed by atoms with E-state index in [0.29, 0.717) is 40.2 Å². The minimum absolute atomic E-state index is 0.0339. The van der Waals surface area contributed by atoms with Crippen molar-refractivity contribution in [1.29, 1.82) is 0 Å². The second kappa shape index (κ2) is 11.7. The number of alkyl halides is 2. The van der Waals surface area contributed by atoms with Crippen molar-refractivity contribution in [3.63, 3.8) is 0 Å². The average Bonchev–Trinajstić information content (AvgIpc) is 3.69. The van der Waals surface area contributed by atoms with Gasteiger partial charge >= 0.3 is 12.6 Å². The molecule has 1 atom stereocenters. The number of aromatic nitrogens is 1. The monoisotopic (exact) mass is 551 g/mol. The van der Waals surface area contributed by atoms with Crippen LogP contribution in [0.1, 0.15) is 50.8 Å². The maximum atomic E-state index is 13.0. The van der Waals surface area contributed by atoms with E-state index in [9.17, 15) is 23.6 Å². The molecule has 11 heteroatoms.